The van der Waals surface area contributed by atoms with E-state index in [1.54, 1.807) is 4.68 Å². The number of thioether (sulfide) groups is 1. The summed E-state index contributed by atoms with van der Waals surface area (Å²) in [6.07, 6.45) is 3.58. The lowest BCUT2D eigenvalue weighted by molar-refractivity contribution is 0.0988. The molecule has 34 heavy (non-hydrogen) atoms. The molecule has 1 aromatic carbocycles. The molecule has 1 amide bonds. The second-order valence-electron chi connectivity index (χ2n) is 9.80. The fourth-order valence-corrected chi connectivity index (χ4v) is 7.96. The summed E-state index contributed by atoms with van der Waals surface area (Å²) in [6, 6.07) is 9.85. The topological polar surface area (TPSA) is 85.2 Å². The summed E-state index contributed by atoms with van der Waals surface area (Å²) >= 11 is 1.81. The first-order chi connectivity index (χ1) is 16.3. The van der Waals surface area contributed by atoms with Gasteiger partial charge in [0.2, 0.25) is 0 Å². The van der Waals surface area contributed by atoms with Crippen molar-refractivity contribution in [3.05, 3.63) is 47.3 Å². The fraction of sp³-hybridized carbons (Fsp3) is 0.480. The molecule has 6 rings (SSSR count). The third-order valence-electron chi connectivity index (χ3n) is 7.13. The van der Waals surface area contributed by atoms with Gasteiger partial charge in [0.25, 0.3) is 5.91 Å². The van der Waals surface area contributed by atoms with Gasteiger partial charge < -0.3 is 4.90 Å². The van der Waals surface area contributed by atoms with E-state index in [0.29, 0.717) is 35.3 Å². The van der Waals surface area contributed by atoms with Gasteiger partial charge in [-0.05, 0) is 50.8 Å². The fourth-order valence-electron chi connectivity index (χ4n) is 5.16. The molecule has 2 aromatic heterocycles. The van der Waals surface area contributed by atoms with Crippen LogP contribution in [-0.4, -0.2) is 52.4 Å². The van der Waals surface area contributed by atoms with Crippen molar-refractivity contribution in [1.82, 2.24) is 14.8 Å². The largest absolute Gasteiger partial charge is 0.307 e. The highest BCUT2D eigenvalue weighted by molar-refractivity contribution is 8.00. The molecule has 0 spiro atoms. The molecule has 0 radical (unpaired) electrons. The minimum atomic E-state index is -3.07. The van der Waals surface area contributed by atoms with Crippen molar-refractivity contribution in [3.63, 3.8) is 0 Å². The minimum Gasteiger partial charge on any atom is -0.307 e. The molecule has 0 bridgehead atoms. The SMILES string of the molecule is Cc1nn(C2CCS(=O)(=O)C2)c2nc(C3CC3)cc(C(=O)N3CCC(C)Sc4ccccc43)c12. The zero-order chi connectivity index (χ0) is 23.6. The van der Waals surface area contributed by atoms with Gasteiger partial charge in [-0.25, -0.2) is 18.1 Å². The van der Waals surface area contributed by atoms with Gasteiger partial charge in [0, 0.05) is 28.3 Å². The highest BCUT2D eigenvalue weighted by Crippen LogP contribution is 2.42. The normalized spacial score (nSPS) is 24.2. The molecule has 3 aliphatic rings. The van der Waals surface area contributed by atoms with E-state index in [1.165, 1.54) is 0 Å². The van der Waals surface area contributed by atoms with Gasteiger partial charge in [0.1, 0.15) is 0 Å². The van der Waals surface area contributed by atoms with E-state index in [9.17, 15) is 13.2 Å². The van der Waals surface area contributed by atoms with Crippen LogP contribution >= 0.6 is 11.8 Å². The van der Waals surface area contributed by atoms with E-state index < -0.39 is 9.84 Å². The number of anilines is 1. The number of rotatable bonds is 3. The predicted molar refractivity (Wildman–Crippen MR) is 135 cm³/mol. The van der Waals surface area contributed by atoms with Gasteiger partial charge in [-0.2, -0.15) is 5.10 Å². The van der Waals surface area contributed by atoms with Gasteiger partial charge in [-0.1, -0.05) is 19.1 Å². The number of pyridine rings is 1. The van der Waals surface area contributed by atoms with E-state index in [-0.39, 0.29) is 23.5 Å². The summed E-state index contributed by atoms with van der Waals surface area (Å²) in [4.78, 5) is 22.2. The molecular weight excluding hydrogens is 468 g/mol. The molecule has 2 fully saturated rings. The number of nitrogens with zero attached hydrogens (tertiary/aromatic N) is 4. The molecule has 2 unspecified atom stereocenters. The van der Waals surface area contributed by atoms with Gasteiger partial charge in [0.15, 0.2) is 15.5 Å². The van der Waals surface area contributed by atoms with Crippen LogP contribution in [0.5, 0.6) is 0 Å². The van der Waals surface area contributed by atoms with E-state index in [1.807, 2.05) is 47.9 Å². The monoisotopic (exact) mass is 496 g/mol. The van der Waals surface area contributed by atoms with Gasteiger partial charge in [0.05, 0.1) is 39.9 Å². The van der Waals surface area contributed by atoms with Crippen molar-refractivity contribution < 1.29 is 13.2 Å². The molecule has 1 saturated carbocycles. The molecule has 1 aliphatic carbocycles. The maximum absolute atomic E-state index is 14.2. The number of amides is 1. The zero-order valence-electron chi connectivity index (χ0n) is 19.4. The van der Waals surface area contributed by atoms with Crippen molar-refractivity contribution in [2.75, 3.05) is 23.0 Å². The van der Waals surface area contributed by atoms with Crippen molar-refractivity contribution in [2.24, 2.45) is 0 Å². The lowest BCUT2D eigenvalue weighted by Gasteiger charge is -2.23. The summed E-state index contributed by atoms with van der Waals surface area (Å²) in [6.45, 7) is 4.75. The standard InChI is InChI=1S/C25H28N4O3S2/c1-15-9-11-28(21-5-3-4-6-22(21)33-15)25(30)19-13-20(17-7-8-17)26-24-23(19)16(2)27-29(24)18-10-12-34(31,32)14-18/h3-6,13,15,17-18H,7-12,14H2,1-2H3. The third-order valence-corrected chi connectivity index (χ3v) is 10.1. The average Bonchev–Trinajstić information content (AvgIpc) is 3.55. The lowest BCUT2D eigenvalue weighted by Crippen LogP contribution is -2.32. The van der Waals surface area contributed by atoms with Crippen molar-refractivity contribution in [2.45, 2.75) is 61.6 Å². The highest BCUT2D eigenvalue weighted by atomic mass is 32.2. The molecule has 2 atom stereocenters. The number of aromatic nitrogens is 3. The van der Waals surface area contributed by atoms with Crippen LogP contribution in [0.25, 0.3) is 11.0 Å². The molecule has 9 heteroatoms. The summed E-state index contributed by atoms with van der Waals surface area (Å²) in [7, 11) is -3.07. The van der Waals surface area contributed by atoms with Crippen LogP contribution in [0.3, 0.4) is 0 Å². The van der Waals surface area contributed by atoms with Crippen molar-refractivity contribution in [3.8, 4) is 0 Å². The Balaban J connectivity index is 1.50. The van der Waals surface area contributed by atoms with E-state index >= 15 is 0 Å². The number of carbonyl (C=O) groups excluding carboxylic acids is 1. The van der Waals surface area contributed by atoms with Crippen LogP contribution in [0.4, 0.5) is 5.69 Å². The second kappa shape index (κ2) is 8.09. The van der Waals surface area contributed by atoms with Crippen molar-refractivity contribution in [1.29, 1.82) is 0 Å². The molecule has 4 heterocycles. The van der Waals surface area contributed by atoms with E-state index in [4.69, 9.17) is 10.1 Å². The Bertz CT molecular complexity index is 1410. The number of fused-ring (bicyclic) bond motifs is 2. The molecule has 0 N–H and O–H groups in total. The molecule has 178 valence electrons. The lowest BCUT2D eigenvalue weighted by atomic mass is 10.1. The Morgan fingerprint density at radius 3 is 2.68 bits per heavy atom. The molecule has 2 aliphatic heterocycles. The van der Waals surface area contributed by atoms with Crippen LogP contribution in [-0.2, 0) is 9.84 Å². The van der Waals surface area contributed by atoms with Crippen LogP contribution in [0.1, 0.15) is 66.3 Å². The Morgan fingerprint density at radius 1 is 1.15 bits per heavy atom. The van der Waals surface area contributed by atoms with Gasteiger partial charge >= 0.3 is 0 Å². The number of hydrogen-bond donors (Lipinski definition) is 0. The quantitative estimate of drug-likeness (QED) is 0.531. The Labute approximate surface area is 203 Å². The highest BCUT2D eigenvalue weighted by Gasteiger charge is 2.35. The summed E-state index contributed by atoms with van der Waals surface area (Å²) in [5, 5.41) is 5.91. The molecule has 1 saturated heterocycles. The molecule has 7 nitrogen and oxygen atoms in total. The maximum Gasteiger partial charge on any atom is 0.259 e. The van der Waals surface area contributed by atoms with Crippen molar-refractivity contribution >= 4 is 44.2 Å². The summed E-state index contributed by atoms with van der Waals surface area (Å²) in [5.41, 5.74) is 3.88. The Morgan fingerprint density at radius 2 is 1.94 bits per heavy atom. The third kappa shape index (κ3) is 3.82. The van der Waals surface area contributed by atoms with E-state index in [0.717, 1.165) is 46.6 Å². The second-order valence-corrected chi connectivity index (χ2v) is 13.5. The minimum absolute atomic E-state index is 0.0295. The first-order valence-electron chi connectivity index (χ1n) is 12.0. The summed E-state index contributed by atoms with van der Waals surface area (Å²) < 4.78 is 26.1. The first-order valence-corrected chi connectivity index (χ1v) is 14.7. The van der Waals surface area contributed by atoms with Crippen LogP contribution in [0.15, 0.2) is 35.2 Å². The smallest absolute Gasteiger partial charge is 0.259 e. The number of benzene rings is 1. The number of para-hydroxylation sites is 1. The summed E-state index contributed by atoms with van der Waals surface area (Å²) in [5.74, 6) is 0.584. The molecule has 3 aromatic rings. The Kier molecular flexibility index (Phi) is 5.26. The number of aryl methyl sites for hydroxylation is 1. The van der Waals surface area contributed by atoms with Crippen LogP contribution in [0.2, 0.25) is 0 Å². The van der Waals surface area contributed by atoms with Crippen LogP contribution in [0, 0.1) is 6.92 Å². The first kappa shape index (κ1) is 22.1. The van der Waals surface area contributed by atoms with Crippen LogP contribution < -0.4 is 4.90 Å². The number of hydrogen-bond acceptors (Lipinski definition) is 6. The average molecular weight is 497 g/mol. The predicted octanol–water partition coefficient (Wildman–Crippen LogP) is 4.51. The van der Waals surface area contributed by atoms with Gasteiger partial charge in [-0.15, -0.1) is 11.8 Å². The van der Waals surface area contributed by atoms with E-state index in [2.05, 4.69) is 13.0 Å². The number of carbonyl (C=O) groups is 1. The maximum atomic E-state index is 14.2. The Hall–Kier alpha value is -2.39. The molecular formula is C25H28N4O3S2. The van der Waals surface area contributed by atoms with Gasteiger partial charge in [-0.3, -0.25) is 4.79 Å². The zero-order valence-corrected chi connectivity index (χ0v) is 21.0. The number of sulfone groups is 1.